The molecule has 0 saturated carbocycles. The molecule has 9 heteroatoms. The molecule has 0 aliphatic carbocycles. The first kappa shape index (κ1) is 17.5. The van der Waals surface area contributed by atoms with Crippen molar-refractivity contribution in [1.29, 1.82) is 0 Å². The minimum atomic E-state index is -1.99. The fourth-order valence-electron chi connectivity index (χ4n) is 1.77. The average Bonchev–Trinajstić information content (AvgIpc) is 2.55. The molecule has 0 saturated heterocycles. The summed E-state index contributed by atoms with van der Waals surface area (Å²) in [6.07, 6.45) is -7.13. The molecule has 0 fully saturated rings. The van der Waals surface area contributed by atoms with Gasteiger partial charge in [-0.3, -0.25) is 0 Å². The maximum Gasteiger partial charge on any atom is 0.528 e. The van der Waals surface area contributed by atoms with E-state index in [9.17, 15) is 19.2 Å². The lowest BCUT2D eigenvalue weighted by molar-refractivity contribution is 0.0431. The standard InChI is InChI=1S/C16H10O9/c17-13(18)23-15(20)25-16(21)24-14(19)22-12-9-5-4-8-11(12)10-6-2-1-3-7-10/h1-9H,(H,17,18). The third-order valence-corrected chi connectivity index (χ3v) is 2.67. The van der Waals surface area contributed by atoms with Crippen LogP contribution in [0.4, 0.5) is 19.2 Å². The zero-order valence-corrected chi connectivity index (χ0v) is 12.4. The van der Waals surface area contributed by atoms with Gasteiger partial charge in [0, 0.05) is 5.56 Å². The molecule has 0 aliphatic heterocycles. The van der Waals surface area contributed by atoms with Gasteiger partial charge in [0.25, 0.3) is 0 Å². The van der Waals surface area contributed by atoms with E-state index in [0.717, 1.165) is 5.56 Å². The Morgan fingerprint density at radius 2 is 1.24 bits per heavy atom. The van der Waals surface area contributed by atoms with Crippen molar-refractivity contribution < 1.29 is 43.2 Å². The Bertz CT molecular complexity index is 798. The lowest BCUT2D eigenvalue weighted by atomic mass is 10.1. The van der Waals surface area contributed by atoms with Gasteiger partial charge in [0.1, 0.15) is 5.75 Å². The minimum absolute atomic E-state index is 0.0969. The van der Waals surface area contributed by atoms with Crippen molar-refractivity contribution in [3.8, 4) is 16.9 Å². The number of para-hydroxylation sites is 1. The summed E-state index contributed by atoms with van der Waals surface area (Å²) >= 11 is 0. The quantitative estimate of drug-likeness (QED) is 0.490. The Hall–Kier alpha value is -3.88. The maximum atomic E-state index is 11.6. The second kappa shape index (κ2) is 8.11. The van der Waals surface area contributed by atoms with Gasteiger partial charge in [-0.2, -0.15) is 0 Å². The highest BCUT2D eigenvalue weighted by atomic mass is 16.9. The van der Waals surface area contributed by atoms with Gasteiger partial charge in [0.15, 0.2) is 0 Å². The zero-order valence-electron chi connectivity index (χ0n) is 12.4. The molecule has 0 unspecified atom stereocenters. The van der Waals surface area contributed by atoms with Crippen molar-refractivity contribution in [3.05, 3.63) is 54.6 Å². The smallest absolute Gasteiger partial charge is 0.449 e. The summed E-state index contributed by atoms with van der Waals surface area (Å²) in [6, 6.07) is 15.4. The van der Waals surface area contributed by atoms with Crippen molar-refractivity contribution in [2.75, 3.05) is 0 Å². The van der Waals surface area contributed by atoms with Crippen LogP contribution in [0.25, 0.3) is 11.1 Å². The van der Waals surface area contributed by atoms with Crippen molar-refractivity contribution in [2.24, 2.45) is 0 Å². The van der Waals surface area contributed by atoms with E-state index in [0.29, 0.717) is 5.56 Å². The van der Waals surface area contributed by atoms with Crippen LogP contribution in [0, 0.1) is 0 Å². The SMILES string of the molecule is O=C(O)OC(=O)OC(=O)OC(=O)Oc1ccccc1-c1ccccc1. The summed E-state index contributed by atoms with van der Waals surface area (Å²) < 4.78 is 16.3. The van der Waals surface area contributed by atoms with Crippen molar-refractivity contribution in [1.82, 2.24) is 0 Å². The molecule has 2 aromatic rings. The van der Waals surface area contributed by atoms with Crippen LogP contribution in [0.3, 0.4) is 0 Å². The summed E-state index contributed by atoms with van der Waals surface area (Å²) in [4.78, 5) is 43.6. The molecule has 2 rings (SSSR count). The molecule has 9 nitrogen and oxygen atoms in total. The van der Waals surface area contributed by atoms with Crippen molar-refractivity contribution in [3.63, 3.8) is 0 Å². The van der Waals surface area contributed by atoms with Crippen LogP contribution < -0.4 is 4.74 Å². The highest BCUT2D eigenvalue weighted by Crippen LogP contribution is 2.29. The van der Waals surface area contributed by atoms with E-state index in [-0.39, 0.29) is 5.75 Å². The summed E-state index contributed by atoms with van der Waals surface area (Å²) in [5, 5.41) is 8.15. The molecular formula is C16H10O9. The first-order valence-electron chi connectivity index (χ1n) is 6.66. The Labute approximate surface area is 140 Å². The van der Waals surface area contributed by atoms with Gasteiger partial charge >= 0.3 is 24.6 Å². The molecule has 0 atom stereocenters. The molecule has 0 bridgehead atoms. The number of hydrogen-bond acceptors (Lipinski definition) is 8. The summed E-state index contributed by atoms with van der Waals surface area (Å²) in [7, 11) is 0. The van der Waals surface area contributed by atoms with Gasteiger partial charge < -0.3 is 24.1 Å². The van der Waals surface area contributed by atoms with E-state index in [4.69, 9.17) is 9.84 Å². The number of carbonyl (C=O) groups excluding carboxylic acids is 3. The van der Waals surface area contributed by atoms with Crippen LogP contribution in [0.15, 0.2) is 54.6 Å². The molecular weight excluding hydrogens is 336 g/mol. The first-order chi connectivity index (χ1) is 12.0. The lowest BCUT2D eigenvalue weighted by Crippen LogP contribution is -2.21. The second-order valence-corrected chi connectivity index (χ2v) is 4.29. The maximum absolute atomic E-state index is 11.6. The zero-order chi connectivity index (χ0) is 18.2. The van der Waals surface area contributed by atoms with Gasteiger partial charge in [-0.05, 0) is 11.6 Å². The van der Waals surface area contributed by atoms with Crippen LogP contribution in [-0.4, -0.2) is 29.7 Å². The lowest BCUT2D eigenvalue weighted by Gasteiger charge is -2.09. The summed E-state index contributed by atoms with van der Waals surface area (Å²) in [5.41, 5.74) is 1.30. The monoisotopic (exact) mass is 346 g/mol. The third-order valence-electron chi connectivity index (χ3n) is 2.67. The van der Waals surface area contributed by atoms with Gasteiger partial charge in [0.2, 0.25) is 0 Å². The normalized spacial score (nSPS) is 9.60. The number of carboxylic acid groups (broad SMARTS) is 1. The van der Waals surface area contributed by atoms with Gasteiger partial charge in [-0.25, -0.2) is 19.2 Å². The average molecular weight is 346 g/mol. The number of hydrogen-bond donors (Lipinski definition) is 1. The highest BCUT2D eigenvalue weighted by molar-refractivity contribution is 5.87. The molecule has 0 amide bonds. The van der Waals surface area contributed by atoms with Crippen LogP contribution in [0.2, 0.25) is 0 Å². The van der Waals surface area contributed by atoms with Crippen molar-refractivity contribution >= 4 is 24.6 Å². The Morgan fingerprint density at radius 3 is 1.92 bits per heavy atom. The molecule has 25 heavy (non-hydrogen) atoms. The number of carbonyl (C=O) groups is 4. The summed E-state index contributed by atoms with van der Waals surface area (Å²) in [5.74, 6) is 0.0969. The van der Waals surface area contributed by atoms with E-state index in [2.05, 4.69) is 14.2 Å². The van der Waals surface area contributed by atoms with Gasteiger partial charge in [-0.1, -0.05) is 48.5 Å². The van der Waals surface area contributed by atoms with E-state index >= 15 is 0 Å². The number of benzene rings is 2. The molecule has 1 N–H and O–H groups in total. The minimum Gasteiger partial charge on any atom is -0.449 e. The van der Waals surface area contributed by atoms with Crippen LogP contribution in [0.5, 0.6) is 5.75 Å². The second-order valence-electron chi connectivity index (χ2n) is 4.29. The van der Waals surface area contributed by atoms with Crippen LogP contribution >= 0.6 is 0 Å². The molecule has 0 radical (unpaired) electrons. The van der Waals surface area contributed by atoms with Gasteiger partial charge in [0.05, 0.1) is 0 Å². The Balaban J connectivity index is 2.01. The molecule has 0 heterocycles. The Kier molecular flexibility index (Phi) is 5.67. The van der Waals surface area contributed by atoms with Crippen LogP contribution in [0.1, 0.15) is 0 Å². The van der Waals surface area contributed by atoms with E-state index in [1.807, 2.05) is 6.07 Å². The molecule has 0 spiro atoms. The van der Waals surface area contributed by atoms with Gasteiger partial charge in [-0.15, -0.1) is 0 Å². The van der Waals surface area contributed by atoms with E-state index in [1.54, 1.807) is 42.5 Å². The molecule has 2 aromatic carbocycles. The predicted octanol–water partition coefficient (Wildman–Crippen LogP) is 3.82. The van der Waals surface area contributed by atoms with E-state index < -0.39 is 24.6 Å². The fraction of sp³-hybridized carbons (Fsp3) is 0. The predicted molar refractivity (Wildman–Crippen MR) is 80.0 cm³/mol. The molecule has 0 aromatic heterocycles. The third kappa shape index (κ3) is 5.36. The van der Waals surface area contributed by atoms with Crippen LogP contribution in [-0.2, 0) is 14.2 Å². The van der Waals surface area contributed by atoms with E-state index in [1.165, 1.54) is 6.07 Å². The first-order valence-corrected chi connectivity index (χ1v) is 6.66. The largest absolute Gasteiger partial charge is 0.528 e. The fourth-order valence-corrected chi connectivity index (χ4v) is 1.77. The molecule has 0 aliphatic rings. The number of ether oxygens (including phenoxy) is 4. The molecule has 128 valence electrons. The Morgan fingerprint density at radius 1 is 0.680 bits per heavy atom. The number of rotatable bonds is 2. The summed E-state index contributed by atoms with van der Waals surface area (Å²) in [6.45, 7) is 0. The topological polar surface area (TPSA) is 125 Å². The van der Waals surface area contributed by atoms with Crippen molar-refractivity contribution in [2.45, 2.75) is 0 Å². The highest BCUT2D eigenvalue weighted by Gasteiger charge is 2.21.